The van der Waals surface area contributed by atoms with Crippen molar-refractivity contribution in [3.8, 4) is 0 Å². The summed E-state index contributed by atoms with van der Waals surface area (Å²) in [6, 6.07) is 0. The Morgan fingerprint density at radius 1 is 1.27 bits per heavy atom. The summed E-state index contributed by atoms with van der Waals surface area (Å²) in [7, 11) is 0. The first-order chi connectivity index (χ1) is 4.91. The molecule has 0 aliphatic rings. The van der Waals surface area contributed by atoms with Gasteiger partial charge in [0, 0.05) is 0 Å². The van der Waals surface area contributed by atoms with Crippen LogP contribution in [0.3, 0.4) is 0 Å². The van der Waals surface area contributed by atoms with Gasteiger partial charge in [0.1, 0.15) is 0 Å². The standard InChI is InChI=1S/C11H22/c1-7-8-11(5,6)10(4)9(2)3/h7,9-10H,1,8H2,2-6H3/t10-/m0/s1. The van der Waals surface area contributed by atoms with E-state index in [0.717, 1.165) is 18.3 Å². The molecule has 1 atom stereocenters. The Bertz CT molecular complexity index is 120. The summed E-state index contributed by atoms with van der Waals surface area (Å²) >= 11 is 0. The zero-order chi connectivity index (χ0) is 9.07. The van der Waals surface area contributed by atoms with Gasteiger partial charge in [-0.05, 0) is 23.7 Å². The molecule has 0 spiro atoms. The summed E-state index contributed by atoms with van der Waals surface area (Å²) in [5.41, 5.74) is 0.413. The lowest BCUT2D eigenvalue weighted by atomic mass is 9.72. The lowest BCUT2D eigenvalue weighted by Gasteiger charge is -2.33. The molecule has 0 aliphatic heterocycles. The Morgan fingerprint density at radius 2 is 1.73 bits per heavy atom. The molecule has 0 aliphatic carbocycles. The van der Waals surface area contributed by atoms with Crippen LogP contribution in [0.1, 0.15) is 41.0 Å². The maximum Gasteiger partial charge on any atom is -0.0292 e. The minimum absolute atomic E-state index is 0.413. The summed E-state index contributed by atoms with van der Waals surface area (Å²) in [4.78, 5) is 0. The molecule has 0 bridgehead atoms. The van der Waals surface area contributed by atoms with Crippen LogP contribution in [0, 0.1) is 17.3 Å². The molecule has 0 rings (SSSR count). The lowest BCUT2D eigenvalue weighted by molar-refractivity contribution is 0.178. The Balaban J connectivity index is 4.15. The quantitative estimate of drug-likeness (QED) is 0.539. The van der Waals surface area contributed by atoms with E-state index < -0.39 is 0 Å². The Labute approximate surface area is 71.7 Å². The van der Waals surface area contributed by atoms with Gasteiger partial charge >= 0.3 is 0 Å². The van der Waals surface area contributed by atoms with Crippen molar-refractivity contribution in [2.24, 2.45) is 17.3 Å². The van der Waals surface area contributed by atoms with Crippen molar-refractivity contribution in [3.63, 3.8) is 0 Å². The van der Waals surface area contributed by atoms with Crippen molar-refractivity contribution in [2.45, 2.75) is 41.0 Å². The smallest absolute Gasteiger partial charge is 0.0292 e. The molecule has 0 saturated heterocycles. The molecule has 0 saturated carbocycles. The third kappa shape index (κ3) is 3.09. The molecule has 0 amide bonds. The van der Waals surface area contributed by atoms with Gasteiger partial charge in [-0.1, -0.05) is 40.7 Å². The van der Waals surface area contributed by atoms with E-state index in [9.17, 15) is 0 Å². The zero-order valence-electron chi connectivity index (χ0n) is 8.65. The Morgan fingerprint density at radius 3 is 2.00 bits per heavy atom. The SMILES string of the molecule is C=CCC(C)(C)[C@@H](C)C(C)C. The van der Waals surface area contributed by atoms with Gasteiger partial charge in [-0.2, -0.15) is 0 Å². The molecule has 0 unspecified atom stereocenters. The fraction of sp³-hybridized carbons (Fsp3) is 0.818. The van der Waals surface area contributed by atoms with Crippen LogP contribution in [-0.2, 0) is 0 Å². The molecule has 0 N–H and O–H groups in total. The summed E-state index contributed by atoms with van der Waals surface area (Å²) in [5.74, 6) is 1.53. The molecule has 11 heavy (non-hydrogen) atoms. The summed E-state index contributed by atoms with van der Waals surface area (Å²) in [5, 5.41) is 0. The van der Waals surface area contributed by atoms with E-state index in [4.69, 9.17) is 0 Å². The second-order valence-corrected chi connectivity index (χ2v) is 4.51. The second-order valence-electron chi connectivity index (χ2n) is 4.51. The second kappa shape index (κ2) is 3.94. The maximum atomic E-state index is 3.79. The van der Waals surface area contributed by atoms with Crippen LogP contribution in [0.2, 0.25) is 0 Å². The summed E-state index contributed by atoms with van der Waals surface area (Å²) in [6.07, 6.45) is 3.14. The average Bonchev–Trinajstić information content (AvgIpc) is 1.86. The van der Waals surface area contributed by atoms with Crippen molar-refractivity contribution >= 4 is 0 Å². The van der Waals surface area contributed by atoms with Crippen LogP contribution < -0.4 is 0 Å². The van der Waals surface area contributed by atoms with Gasteiger partial charge in [0.05, 0.1) is 0 Å². The highest BCUT2D eigenvalue weighted by Gasteiger charge is 2.26. The van der Waals surface area contributed by atoms with Crippen molar-refractivity contribution in [3.05, 3.63) is 12.7 Å². The van der Waals surface area contributed by atoms with Crippen molar-refractivity contribution < 1.29 is 0 Å². The Hall–Kier alpha value is -0.260. The third-order valence-electron chi connectivity index (χ3n) is 2.90. The average molecular weight is 154 g/mol. The molecule has 0 aromatic carbocycles. The fourth-order valence-corrected chi connectivity index (χ4v) is 1.46. The summed E-state index contributed by atoms with van der Waals surface area (Å²) < 4.78 is 0. The predicted octanol–water partition coefficient (Wildman–Crippen LogP) is 3.88. The monoisotopic (exact) mass is 154 g/mol. The normalized spacial score (nSPS) is 15.1. The molecule has 0 aromatic rings. The van der Waals surface area contributed by atoms with E-state index in [-0.39, 0.29) is 0 Å². The highest BCUT2D eigenvalue weighted by Crippen LogP contribution is 2.35. The van der Waals surface area contributed by atoms with E-state index in [1.807, 2.05) is 6.08 Å². The number of hydrogen-bond acceptors (Lipinski definition) is 0. The van der Waals surface area contributed by atoms with E-state index in [1.165, 1.54) is 0 Å². The Kier molecular flexibility index (Phi) is 3.85. The van der Waals surface area contributed by atoms with Crippen LogP contribution in [0.5, 0.6) is 0 Å². The molecule has 0 nitrogen and oxygen atoms in total. The summed E-state index contributed by atoms with van der Waals surface area (Å²) in [6.45, 7) is 15.3. The lowest BCUT2D eigenvalue weighted by Crippen LogP contribution is -2.25. The van der Waals surface area contributed by atoms with Crippen LogP contribution in [0.4, 0.5) is 0 Å². The minimum Gasteiger partial charge on any atom is -0.103 e. The first-order valence-electron chi connectivity index (χ1n) is 4.52. The first kappa shape index (κ1) is 10.7. The van der Waals surface area contributed by atoms with Crippen LogP contribution in [-0.4, -0.2) is 0 Å². The van der Waals surface area contributed by atoms with Crippen LogP contribution >= 0.6 is 0 Å². The topological polar surface area (TPSA) is 0 Å². The van der Waals surface area contributed by atoms with E-state index in [2.05, 4.69) is 41.2 Å². The van der Waals surface area contributed by atoms with E-state index >= 15 is 0 Å². The molecule has 0 aromatic heterocycles. The van der Waals surface area contributed by atoms with Crippen molar-refractivity contribution in [1.82, 2.24) is 0 Å². The molecule has 0 heteroatoms. The van der Waals surface area contributed by atoms with Gasteiger partial charge in [-0.25, -0.2) is 0 Å². The number of allylic oxidation sites excluding steroid dienone is 1. The fourth-order valence-electron chi connectivity index (χ4n) is 1.46. The van der Waals surface area contributed by atoms with Crippen molar-refractivity contribution in [1.29, 1.82) is 0 Å². The van der Waals surface area contributed by atoms with Gasteiger partial charge in [-0.15, -0.1) is 6.58 Å². The van der Waals surface area contributed by atoms with Crippen LogP contribution in [0.25, 0.3) is 0 Å². The number of hydrogen-bond donors (Lipinski definition) is 0. The van der Waals surface area contributed by atoms with E-state index in [1.54, 1.807) is 0 Å². The van der Waals surface area contributed by atoms with Gasteiger partial charge < -0.3 is 0 Å². The highest BCUT2D eigenvalue weighted by molar-refractivity contribution is 4.84. The van der Waals surface area contributed by atoms with E-state index in [0.29, 0.717) is 5.41 Å². The minimum atomic E-state index is 0.413. The molecule has 0 heterocycles. The molecule has 66 valence electrons. The highest BCUT2D eigenvalue weighted by atomic mass is 14.3. The van der Waals surface area contributed by atoms with Gasteiger partial charge in [0.25, 0.3) is 0 Å². The number of rotatable bonds is 4. The molecular weight excluding hydrogens is 132 g/mol. The first-order valence-corrected chi connectivity index (χ1v) is 4.52. The largest absolute Gasteiger partial charge is 0.103 e. The molecule has 0 radical (unpaired) electrons. The van der Waals surface area contributed by atoms with Crippen molar-refractivity contribution in [2.75, 3.05) is 0 Å². The molecular formula is C11H22. The van der Waals surface area contributed by atoms with Crippen LogP contribution in [0.15, 0.2) is 12.7 Å². The maximum absolute atomic E-state index is 3.79. The van der Waals surface area contributed by atoms with Gasteiger partial charge in [-0.3, -0.25) is 0 Å². The third-order valence-corrected chi connectivity index (χ3v) is 2.90. The van der Waals surface area contributed by atoms with Gasteiger partial charge in [0.2, 0.25) is 0 Å². The zero-order valence-corrected chi connectivity index (χ0v) is 8.65. The predicted molar refractivity (Wildman–Crippen MR) is 52.6 cm³/mol. The van der Waals surface area contributed by atoms with Gasteiger partial charge in [0.15, 0.2) is 0 Å². The molecule has 0 fully saturated rings.